The summed E-state index contributed by atoms with van der Waals surface area (Å²) in [6, 6.07) is 14.1. The molecule has 0 bridgehead atoms. The van der Waals surface area contributed by atoms with Gasteiger partial charge < -0.3 is 0 Å². The minimum Gasteiger partial charge on any atom is -0.206 e. The molecule has 132 valence electrons. The van der Waals surface area contributed by atoms with Gasteiger partial charge in [-0.15, -0.1) is 0 Å². The van der Waals surface area contributed by atoms with E-state index in [-0.39, 0.29) is 11.1 Å². The maximum Gasteiger partial charge on any atom is 0.194 e. The Balaban J connectivity index is 1.65. The molecule has 0 amide bonds. The van der Waals surface area contributed by atoms with Crippen LogP contribution in [-0.4, -0.2) is 0 Å². The highest BCUT2D eigenvalue weighted by atomic mass is 19.2. The summed E-state index contributed by atoms with van der Waals surface area (Å²) in [7, 11) is 0. The molecule has 3 aromatic rings. The van der Waals surface area contributed by atoms with Crippen LogP contribution in [0.1, 0.15) is 30.7 Å². The Morgan fingerprint density at radius 3 is 1.73 bits per heavy atom. The zero-order valence-electron chi connectivity index (χ0n) is 13.9. The van der Waals surface area contributed by atoms with Crippen LogP contribution in [0.4, 0.5) is 17.6 Å². The lowest BCUT2D eigenvalue weighted by Crippen LogP contribution is -2.08. The molecule has 0 N–H and O–H groups in total. The number of rotatable bonds is 3. The quantitative estimate of drug-likeness (QED) is 0.356. The summed E-state index contributed by atoms with van der Waals surface area (Å²) in [6.07, 6.45) is 3.70. The molecule has 0 spiro atoms. The van der Waals surface area contributed by atoms with Crippen molar-refractivity contribution < 1.29 is 17.6 Å². The van der Waals surface area contributed by atoms with Crippen LogP contribution in [0.3, 0.4) is 0 Å². The third-order valence-corrected chi connectivity index (χ3v) is 5.08. The van der Waals surface area contributed by atoms with Crippen molar-refractivity contribution in [1.82, 2.24) is 0 Å². The molecule has 0 saturated heterocycles. The molecule has 4 heteroatoms. The van der Waals surface area contributed by atoms with Crippen molar-refractivity contribution in [1.29, 1.82) is 0 Å². The van der Waals surface area contributed by atoms with Crippen LogP contribution in [0.5, 0.6) is 0 Å². The summed E-state index contributed by atoms with van der Waals surface area (Å²) in [6.45, 7) is 0. The van der Waals surface area contributed by atoms with Crippen molar-refractivity contribution in [3.05, 3.63) is 83.4 Å². The van der Waals surface area contributed by atoms with E-state index in [1.54, 1.807) is 6.07 Å². The van der Waals surface area contributed by atoms with Crippen molar-refractivity contribution in [3.8, 4) is 22.3 Å². The van der Waals surface area contributed by atoms with Gasteiger partial charge in [-0.3, -0.25) is 0 Å². The van der Waals surface area contributed by atoms with Gasteiger partial charge in [-0.25, -0.2) is 17.6 Å². The lowest BCUT2D eigenvalue weighted by molar-refractivity contribution is 0.420. The first kappa shape index (κ1) is 16.8. The van der Waals surface area contributed by atoms with Gasteiger partial charge in [0.1, 0.15) is 5.82 Å². The molecule has 4 rings (SSSR count). The summed E-state index contributed by atoms with van der Waals surface area (Å²) in [5.74, 6) is -4.22. The number of halogens is 4. The minimum atomic E-state index is -1.56. The van der Waals surface area contributed by atoms with Gasteiger partial charge in [0, 0.05) is 5.56 Å². The Hall–Kier alpha value is -2.62. The largest absolute Gasteiger partial charge is 0.206 e. The van der Waals surface area contributed by atoms with Crippen molar-refractivity contribution in [2.75, 3.05) is 0 Å². The number of benzene rings is 3. The van der Waals surface area contributed by atoms with Gasteiger partial charge in [-0.1, -0.05) is 42.8 Å². The second kappa shape index (κ2) is 6.60. The maximum absolute atomic E-state index is 14.5. The number of hydrogen-bond acceptors (Lipinski definition) is 0. The highest BCUT2D eigenvalue weighted by Gasteiger charge is 2.19. The fourth-order valence-corrected chi connectivity index (χ4v) is 3.33. The monoisotopic (exact) mass is 356 g/mol. The summed E-state index contributed by atoms with van der Waals surface area (Å²) in [5, 5.41) is 0. The van der Waals surface area contributed by atoms with Gasteiger partial charge in [0.15, 0.2) is 17.5 Å². The maximum atomic E-state index is 14.5. The first-order valence-corrected chi connectivity index (χ1v) is 8.58. The highest BCUT2D eigenvalue weighted by Crippen LogP contribution is 2.37. The van der Waals surface area contributed by atoms with Crippen LogP contribution >= 0.6 is 0 Å². The second-order valence-corrected chi connectivity index (χ2v) is 6.70. The van der Waals surface area contributed by atoms with Crippen LogP contribution < -0.4 is 0 Å². The highest BCUT2D eigenvalue weighted by molar-refractivity contribution is 5.71. The molecule has 0 radical (unpaired) electrons. The van der Waals surface area contributed by atoms with Crippen LogP contribution in [-0.2, 0) is 0 Å². The minimum absolute atomic E-state index is 0.0256. The SMILES string of the molecule is Fc1cc(-c2ccc(C3CCC3)cc2)ccc1-c1cc(F)c(F)c(F)c1. The Kier molecular flexibility index (Phi) is 4.27. The second-order valence-electron chi connectivity index (χ2n) is 6.70. The molecule has 0 unspecified atom stereocenters. The Bertz CT molecular complexity index is 933. The molecule has 26 heavy (non-hydrogen) atoms. The van der Waals surface area contributed by atoms with Gasteiger partial charge in [0.2, 0.25) is 0 Å². The molecule has 0 heterocycles. The van der Waals surface area contributed by atoms with E-state index in [1.165, 1.54) is 37.0 Å². The van der Waals surface area contributed by atoms with E-state index in [9.17, 15) is 17.6 Å². The summed E-state index contributed by atoms with van der Waals surface area (Å²) < 4.78 is 54.4. The molecule has 1 aliphatic rings. The smallest absolute Gasteiger partial charge is 0.194 e. The molecule has 0 nitrogen and oxygen atoms in total. The Labute approximate surface area is 149 Å². The van der Waals surface area contributed by atoms with Gasteiger partial charge >= 0.3 is 0 Å². The summed E-state index contributed by atoms with van der Waals surface area (Å²) in [5.41, 5.74) is 2.84. The first-order valence-electron chi connectivity index (χ1n) is 8.58. The molecule has 0 aromatic heterocycles. The third-order valence-electron chi connectivity index (χ3n) is 5.08. The van der Waals surface area contributed by atoms with Gasteiger partial charge in [0.05, 0.1) is 0 Å². The van der Waals surface area contributed by atoms with Crippen LogP contribution in [0.25, 0.3) is 22.3 Å². The van der Waals surface area contributed by atoms with Crippen LogP contribution in [0, 0.1) is 23.3 Å². The van der Waals surface area contributed by atoms with Gasteiger partial charge in [0.25, 0.3) is 0 Å². The fraction of sp³-hybridized carbons (Fsp3) is 0.182. The molecule has 0 atom stereocenters. The van der Waals surface area contributed by atoms with E-state index in [2.05, 4.69) is 12.1 Å². The van der Waals surface area contributed by atoms with Crippen molar-refractivity contribution in [2.24, 2.45) is 0 Å². The first-order chi connectivity index (χ1) is 12.5. The average Bonchev–Trinajstić information content (AvgIpc) is 2.58. The van der Waals surface area contributed by atoms with E-state index < -0.39 is 23.3 Å². The molecule has 0 aliphatic heterocycles. The molecule has 3 aromatic carbocycles. The average molecular weight is 356 g/mol. The number of hydrogen-bond donors (Lipinski definition) is 0. The standard InChI is InChI=1S/C22H16F4/c23-19-10-16(15-6-4-14(5-7-15)13-2-1-3-13)8-9-18(19)17-11-20(24)22(26)21(25)12-17/h4-13H,1-3H2. The molecular formula is C22H16F4. The van der Waals surface area contributed by atoms with Crippen molar-refractivity contribution in [2.45, 2.75) is 25.2 Å². The topological polar surface area (TPSA) is 0 Å². The lowest BCUT2D eigenvalue weighted by Gasteiger charge is -2.25. The predicted molar refractivity (Wildman–Crippen MR) is 93.7 cm³/mol. The molecule has 1 aliphatic carbocycles. The predicted octanol–water partition coefficient (Wildman–Crippen LogP) is 6.84. The summed E-state index contributed by atoms with van der Waals surface area (Å²) >= 11 is 0. The normalized spacial score (nSPS) is 14.3. The Morgan fingerprint density at radius 1 is 0.615 bits per heavy atom. The van der Waals surface area contributed by atoms with Crippen LogP contribution in [0.15, 0.2) is 54.6 Å². The molecular weight excluding hydrogens is 340 g/mol. The van der Waals surface area contributed by atoms with Gasteiger partial charge in [-0.05, 0) is 59.2 Å². The van der Waals surface area contributed by atoms with E-state index in [4.69, 9.17) is 0 Å². The zero-order chi connectivity index (χ0) is 18.3. The van der Waals surface area contributed by atoms with E-state index in [0.29, 0.717) is 11.5 Å². The fourth-order valence-electron chi connectivity index (χ4n) is 3.33. The van der Waals surface area contributed by atoms with Gasteiger partial charge in [-0.2, -0.15) is 0 Å². The lowest BCUT2D eigenvalue weighted by atomic mass is 9.80. The van der Waals surface area contributed by atoms with Crippen molar-refractivity contribution in [3.63, 3.8) is 0 Å². The van der Waals surface area contributed by atoms with E-state index in [1.807, 2.05) is 12.1 Å². The van der Waals surface area contributed by atoms with Crippen LogP contribution in [0.2, 0.25) is 0 Å². The molecule has 1 saturated carbocycles. The van der Waals surface area contributed by atoms with E-state index >= 15 is 0 Å². The zero-order valence-corrected chi connectivity index (χ0v) is 13.9. The molecule has 1 fully saturated rings. The van der Waals surface area contributed by atoms with Crippen molar-refractivity contribution >= 4 is 0 Å². The van der Waals surface area contributed by atoms with E-state index in [0.717, 1.165) is 17.7 Å². The summed E-state index contributed by atoms with van der Waals surface area (Å²) in [4.78, 5) is 0. The Morgan fingerprint density at radius 2 is 1.19 bits per heavy atom. The third kappa shape index (κ3) is 3.00.